The average molecular weight is 381 g/mol. The molecule has 0 saturated carbocycles. The summed E-state index contributed by atoms with van der Waals surface area (Å²) >= 11 is 0. The minimum Gasteiger partial charge on any atom is -0.282 e. The van der Waals surface area contributed by atoms with Crippen LogP contribution in [0.5, 0.6) is 0 Å². The number of anilines is 1. The van der Waals surface area contributed by atoms with Crippen LogP contribution >= 0.6 is 0 Å². The molecule has 5 nitrogen and oxygen atoms in total. The minimum absolute atomic E-state index is 0.210. The van der Waals surface area contributed by atoms with Crippen molar-refractivity contribution in [2.75, 3.05) is 4.90 Å². The van der Waals surface area contributed by atoms with Crippen molar-refractivity contribution < 1.29 is 9.59 Å². The molecule has 1 aliphatic heterocycles. The Morgan fingerprint density at radius 3 is 2.24 bits per heavy atom. The molecule has 0 aliphatic carbocycles. The highest BCUT2D eigenvalue weighted by Crippen LogP contribution is 2.28. The van der Waals surface area contributed by atoms with Gasteiger partial charge in [-0.15, -0.1) is 0 Å². The number of urea groups is 1. The Balaban J connectivity index is 1.56. The molecule has 0 radical (unpaired) electrons. The van der Waals surface area contributed by atoms with Crippen molar-refractivity contribution >= 4 is 17.6 Å². The third-order valence-corrected chi connectivity index (χ3v) is 5.14. The molecule has 1 fully saturated rings. The lowest BCUT2D eigenvalue weighted by Gasteiger charge is -2.19. The molecule has 3 aromatic rings. The van der Waals surface area contributed by atoms with Crippen LogP contribution in [0.3, 0.4) is 0 Å². The van der Waals surface area contributed by atoms with Crippen LogP contribution in [0.1, 0.15) is 18.1 Å². The van der Waals surface area contributed by atoms with Gasteiger partial charge in [-0.05, 0) is 41.8 Å². The number of carbonyl (C=O) groups is 2. The Morgan fingerprint density at radius 1 is 0.897 bits per heavy atom. The largest absolute Gasteiger partial charge is 0.332 e. The van der Waals surface area contributed by atoms with E-state index >= 15 is 0 Å². The first-order valence-electron chi connectivity index (χ1n) is 9.38. The molecule has 1 saturated heterocycles. The monoisotopic (exact) mass is 381 g/mol. The molecule has 0 aromatic heterocycles. The average Bonchev–Trinajstić information content (AvgIpc) is 2.98. The number of rotatable bonds is 4. The highest BCUT2D eigenvalue weighted by molar-refractivity contribution is 6.13. The molecule has 29 heavy (non-hydrogen) atoms. The number of para-hydroxylation sites is 1. The summed E-state index contributed by atoms with van der Waals surface area (Å²) in [5.74, 6) is -0.210. The van der Waals surface area contributed by atoms with Gasteiger partial charge in [0.15, 0.2) is 0 Å². The van der Waals surface area contributed by atoms with Gasteiger partial charge < -0.3 is 0 Å². The van der Waals surface area contributed by atoms with E-state index in [1.165, 1.54) is 9.80 Å². The Hall–Kier alpha value is -3.91. The summed E-state index contributed by atoms with van der Waals surface area (Å²) in [6.07, 6.45) is 0. The van der Waals surface area contributed by atoms with Crippen molar-refractivity contribution in [3.8, 4) is 17.2 Å². The molecule has 5 heteroatoms. The standard InChI is InChI=1S/C24H19N3O2/c1-17-23(28)26(24(29)27(17)21-8-3-2-4-9-21)16-18-11-13-19(14-12-18)22-10-6-5-7-20(22)15-25/h2-14,17H,16H2,1H3. The van der Waals surface area contributed by atoms with Crippen LogP contribution in [0.15, 0.2) is 78.9 Å². The molecule has 1 aliphatic rings. The second-order valence-electron chi connectivity index (χ2n) is 6.94. The lowest BCUT2D eigenvalue weighted by Crippen LogP contribution is -2.33. The van der Waals surface area contributed by atoms with Crippen LogP contribution in [-0.2, 0) is 11.3 Å². The van der Waals surface area contributed by atoms with Crippen molar-refractivity contribution in [1.82, 2.24) is 4.90 Å². The molecule has 1 atom stereocenters. The molecule has 4 rings (SSSR count). The van der Waals surface area contributed by atoms with E-state index in [1.807, 2.05) is 72.8 Å². The molecular formula is C24H19N3O2. The second-order valence-corrected chi connectivity index (χ2v) is 6.94. The fraction of sp³-hybridized carbons (Fsp3) is 0.125. The van der Waals surface area contributed by atoms with E-state index in [0.29, 0.717) is 11.3 Å². The second kappa shape index (κ2) is 7.61. The van der Waals surface area contributed by atoms with E-state index in [-0.39, 0.29) is 18.5 Å². The van der Waals surface area contributed by atoms with E-state index in [2.05, 4.69) is 6.07 Å². The van der Waals surface area contributed by atoms with Gasteiger partial charge in [-0.2, -0.15) is 5.26 Å². The van der Waals surface area contributed by atoms with E-state index in [1.54, 1.807) is 13.0 Å². The molecule has 142 valence electrons. The normalized spacial score (nSPS) is 16.2. The van der Waals surface area contributed by atoms with Crippen molar-refractivity contribution in [2.24, 2.45) is 0 Å². The minimum atomic E-state index is -0.535. The van der Waals surface area contributed by atoms with Gasteiger partial charge in [0.2, 0.25) is 0 Å². The predicted octanol–water partition coefficient (Wildman–Crippen LogP) is 4.58. The van der Waals surface area contributed by atoms with E-state index < -0.39 is 6.04 Å². The summed E-state index contributed by atoms with van der Waals surface area (Å²) in [5.41, 5.74) is 3.96. The number of hydrogen-bond donors (Lipinski definition) is 0. The maximum atomic E-state index is 12.9. The molecule has 0 spiro atoms. The number of benzene rings is 3. The van der Waals surface area contributed by atoms with Crippen molar-refractivity contribution in [1.29, 1.82) is 5.26 Å². The van der Waals surface area contributed by atoms with Crippen LogP contribution in [-0.4, -0.2) is 22.9 Å². The Bertz CT molecular complexity index is 1100. The zero-order chi connectivity index (χ0) is 20.4. The molecule has 0 bridgehead atoms. The topological polar surface area (TPSA) is 64.4 Å². The fourth-order valence-corrected chi connectivity index (χ4v) is 3.60. The zero-order valence-corrected chi connectivity index (χ0v) is 15.9. The highest BCUT2D eigenvalue weighted by Gasteiger charge is 2.43. The van der Waals surface area contributed by atoms with Gasteiger partial charge in [0.1, 0.15) is 6.04 Å². The number of carbonyl (C=O) groups excluding carboxylic acids is 2. The maximum Gasteiger partial charge on any atom is 0.332 e. The number of hydrogen-bond acceptors (Lipinski definition) is 3. The van der Waals surface area contributed by atoms with Crippen LogP contribution in [0.4, 0.5) is 10.5 Å². The van der Waals surface area contributed by atoms with E-state index in [4.69, 9.17) is 0 Å². The third kappa shape index (κ3) is 3.37. The molecule has 3 amide bonds. The summed E-state index contributed by atoms with van der Waals surface area (Å²) in [6, 6.07) is 25.6. The fourth-order valence-electron chi connectivity index (χ4n) is 3.60. The molecule has 0 N–H and O–H groups in total. The lowest BCUT2D eigenvalue weighted by molar-refractivity contribution is -0.127. The van der Waals surface area contributed by atoms with Crippen LogP contribution < -0.4 is 4.90 Å². The smallest absolute Gasteiger partial charge is 0.282 e. The number of imide groups is 1. The van der Waals surface area contributed by atoms with Crippen molar-refractivity contribution in [2.45, 2.75) is 19.5 Å². The van der Waals surface area contributed by atoms with E-state index in [0.717, 1.165) is 16.7 Å². The van der Waals surface area contributed by atoms with Gasteiger partial charge >= 0.3 is 6.03 Å². The molecule has 1 unspecified atom stereocenters. The van der Waals surface area contributed by atoms with Crippen molar-refractivity contribution in [3.05, 3.63) is 90.0 Å². The number of amides is 3. The summed E-state index contributed by atoms with van der Waals surface area (Å²) < 4.78 is 0. The summed E-state index contributed by atoms with van der Waals surface area (Å²) in [6.45, 7) is 1.96. The first-order valence-corrected chi connectivity index (χ1v) is 9.38. The highest BCUT2D eigenvalue weighted by atomic mass is 16.2. The number of nitriles is 1. The van der Waals surface area contributed by atoms with Crippen LogP contribution in [0.2, 0.25) is 0 Å². The van der Waals surface area contributed by atoms with Gasteiger partial charge in [0.25, 0.3) is 5.91 Å². The lowest BCUT2D eigenvalue weighted by atomic mass is 9.99. The van der Waals surface area contributed by atoms with Crippen LogP contribution in [0.25, 0.3) is 11.1 Å². The third-order valence-electron chi connectivity index (χ3n) is 5.14. The predicted molar refractivity (Wildman–Crippen MR) is 111 cm³/mol. The van der Waals surface area contributed by atoms with Gasteiger partial charge in [0.05, 0.1) is 18.2 Å². The molecular weight excluding hydrogens is 362 g/mol. The Morgan fingerprint density at radius 2 is 1.55 bits per heavy atom. The maximum absolute atomic E-state index is 12.9. The van der Waals surface area contributed by atoms with E-state index in [9.17, 15) is 14.9 Å². The Labute approximate surface area is 169 Å². The molecule has 3 aromatic carbocycles. The summed E-state index contributed by atoms with van der Waals surface area (Å²) in [5, 5.41) is 9.29. The van der Waals surface area contributed by atoms with Gasteiger partial charge in [-0.25, -0.2) is 4.79 Å². The summed E-state index contributed by atoms with van der Waals surface area (Å²) in [4.78, 5) is 28.4. The van der Waals surface area contributed by atoms with Crippen molar-refractivity contribution in [3.63, 3.8) is 0 Å². The van der Waals surface area contributed by atoms with Gasteiger partial charge in [-0.1, -0.05) is 60.7 Å². The quantitative estimate of drug-likeness (QED) is 0.621. The number of nitrogens with zero attached hydrogens (tertiary/aromatic N) is 3. The van der Waals surface area contributed by atoms with Crippen LogP contribution in [0, 0.1) is 11.3 Å². The van der Waals surface area contributed by atoms with Gasteiger partial charge in [-0.3, -0.25) is 14.6 Å². The molecule has 1 heterocycles. The Kier molecular flexibility index (Phi) is 4.84. The first kappa shape index (κ1) is 18.5. The zero-order valence-electron chi connectivity index (χ0n) is 15.9. The first-order chi connectivity index (χ1) is 14.1. The SMILES string of the molecule is CC1C(=O)N(Cc2ccc(-c3ccccc3C#N)cc2)C(=O)N1c1ccccc1. The summed E-state index contributed by atoms with van der Waals surface area (Å²) in [7, 11) is 0. The van der Waals surface area contributed by atoms with Gasteiger partial charge in [0, 0.05) is 5.69 Å².